The maximum absolute atomic E-state index is 5.83. The Hall–Kier alpha value is -1.39. The minimum Gasteiger partial charge on any atom is -0.346 e. The lowest BCUT2D eigenvalue weighted by Gasteiger charge is -2.05. The van der Waals surface area contributed by atoms with Gasteiger partial charge in [0.1, 0.15) is 5.65 Å². The van der Waals surface area contributed by atoms with Gasteiger partial charge in [-0.2, -0.15) is 0 Å². The number of nitrogens with one attached hydrogen (secondary N) is 1. The smallest absolute Gasteiger partial charge is 0.137 e. The highest BCUT2D eigenvalue weighted by Gasteiger charge is 2.09. The molecule has 0 saturated carbocycles. The summed E-state index contributed by atoms with van der Waals surface area (Å²) in [6, 6.07) is 3.77. The molecule has 0 aliphatic carbocycles. The normalized spacial score (nSPS) is 13.4. The van der Waals surface area contributed by atoms with E-state index in [1.54, 1.807) is 6.20 Å². The highest BCUT2D eigenvalue weighted by atomic mass is 14.8. The van der Waals surface area contributed by atoms with Gasteiger partial charge in [0, 0.05) is 30.4 Å². The zero-order valence-electron chi connectivity index (χ0n) is 7.20. The first-order valence-corrected chi connectivity index (χ1v) is 4.20. The Morgan fingerprint density at radius 1 is 1.54 bits per heavy atom. The van der Waals surface area contributed by atoms with Crippen molar-refractivity contribution in [3.8, 4) is 0 Å². The highest BCUT2D eigenvalue weighted by Crippen LogP contribution is 2.19. The van der Waals surface area contributed by atoms with Gasteiger partial charge < -0.3 is 16.5 Å². The topological polar surface area (TPSA) is 80.7 Å². The maximum atomic E-state index is 5.83. The molecular formula is C9H12N4. The van der Waals surface area contributed by atoms with Crippen molar-refractivity contribution in [3.05, 3.63) is 30.1 Å². The van der Waals surface area contributed by atoms with Crippen LogP contribution in [0.4, 0.5) is 0 Å². The minimum atomic E-state index is -0.113. The van der Waals surface area contributed by atoms with Crippen molar-refractivity contribution in [2.45, 2.75) is 6.04 Å². The number of nitrogens with two attached hydrogens (primary N) is 2. The summed E-state index contributed by atoms with van der Waals surface area (Å²) in [4.78, 5) is 7.22. The molecule has 1 atom stereocenters. The highest BCUT2D eigenvalue weighted by molar-refractivity contribution is 5.79. The molecule has 68 valence electrons. The van der Waals surface area contributed by atoms with Crippen LogP contribution in [-0.4, -0.2) is 16.5 Å². The molecule has 2 aromatic heterocycles. The third-order valence-electron chi connectivity index (χ3n) is 2.14. The average Bonchev–Trinajstić information content (AvgIpc) is 2.60. The molecule has 0 amide bonds. The van der Waals surface area contributed by atoms with E-state index in [2.05, 4.69) is 9.97 Å². The number of pyridine rings is 1. The van der Waals surface area contributed by atoms with E-state index in [1.807, 2.05) is 18.3 Å². The molecule has 13 heavy (non-hydrogen) atoms. The Bertz CT molecular complexity index is 407. The predicted molar refractivity (Wildman–Crippen MR) is 52.1 cm³/mol. The first-order chi connectivity index (χ1) is 6.33. The summed E-state index contributed by atoms with van der Waals surface area (Å²) in [5.74, 6) is 0. The molecule has 0 saturated heterocycles. The summed E-state index contributed by atoms with van der Waals surface area (Å²) in [7, 11) is 0. The summed E-state index contributed by atoms with van der Waals surface area (Å²) in [6.07, 6.45) is 3.62. The monoisotopic (exact) mass is 176 g/mol. The lowest BCUT2D eigenvalue weighted by molar-refractivity contribution is 0.743. The van der Waals surface area contributed by atoms with Crippen LogP contribution in [-0.2, 0) is 0 Å². The number of aromatic nitrogens is 2. The van der Waals surface area contributed by atoms with E-state index in [-0.39, 0.29) is 6.04 Å². The van der Waals surface area contributed by atoms with Crippen LogP contribution in [0.1, 0.15) is 11.6 Å². The first kappa shape index (κ1) is 8.22. The summed E-state index contributed by atoms with van der Waals surface area (Å²) in [5, 5.41) is 1.06. The minimum absolute atomic E-state index is 0.113. The van der Waals surface area contributed by atoms with Gasteiger partial charge in [0.25, 0.3) is 0 Å². The van der Waals surface area contributed by atoms with E-state index in [0.29, 0.717) is 6.54 Å². The van der Waals surface area contributed by atoms with Gasteiger partial charge in [0.05, 0.1) is 0 Å². The second-order valence-electron chi connectivity index (χ2n) is 2.99. The van der Waals surface area contributed by atoms with E-state index in [4.69, 9.17) is 11.5 Å². The second kappa shape index (κ2) is 3.16. The Kier molecular flexibility index (Phi) is 2.00. The molecule has 0 spiro atoms. The summed E-state index contributed by atoms with van der Waals surface area (Å²) >= 11 is 0. The molecule has 0 aliphatic heterocycles. The van der Waals surface area contributed by atoms with Crippen molar-refractivity contribution >= 4 is 11.0 Å². The lowest BCUT2D eigenvalue weighted by atomic mass is 10.1. The zero-order chi connectivity index (χ0) is 9.26. The molecule has 4 nitrogen and oxygen atoms in total. The molecule has 0 fully saturated rings. The molecule has 2 rings (SSSR count). The van der Waals surface area contributed by atoms with E-state index in [1.165, 1.54) is 0 Å². The number of fused-ring (bicyclic) bond motifs is 1. The third-order valence-corrected chi connectivity index (χ3v) is 2.14. The van der Waals surface area contributed by atoms with Crippen LogP contribution < -0.4 is 11.5 Å². The van der Waals surface area contributed by atoms with Gasteiger partial charge in [-0.3, -0.25) is 0 Å². The van der Waals surface area contributed by atoms with Crippen molar-refractivity contribution in [2.24, 2.45) is 11.5 Å². The van der Waals surface area contributed by atoms with Crippen molar-refractivity contribution in [2.75, 3.05) is 6.54 Å². The number of hydrogen-bond acceptors (Lipinski definition) is 3. The molecule has 1 unspecified atom stereocenters. The van der Waals surface area contributed by atoms with Crippen molar-refractivity contribution < 1.29 is 0 Å². The van der Waals surface area contributed by atoms with Crippen LogP contribution in [0.2, 0.25) is 0 Å². The Balaban J connectivity index is 2.57. The molecule has 4 heteroatoms. The van der Waals surface area contributed by atoms with E-state index < -0.39 is 0 Å². The Morgan fingerprint density at radius 2 is 2.38 bits per heavy atom. The van der Waals surface area contributed by atoms with Gasteiger partial charge >= 0.3 is 0 Å². The van der Waals surface area contributed by atoms with Crippen LogP contribution in [0.5, 0.6) is 0 Å². The van der Waals surface area contributed by atoms with Crippen LogP contribution in [0, 0.1) is 0 Å². The SMILES string of the molecule is NCC(N)c1c[nH]c2ncccc12. The molecule has 0 aromatic carbocycles. The number of aromatic amines is 1. The fraction of sp³-hybridized carbons (Fsp3) is 0.222. The lowest BCUT2D eigenvalue weighted by Crippen LogP contribution is -2.20. The summed E-state index contributed by atoms with van der Waals surface area (Å²) in [5.41, 5.74) is 13.2. The molecule has 2 heterocycles. The van der Waals surface area contributed by atoms with Crippen LogP contribution in [0.25, 0.3) is 11.0 Å². The number of rotatable bonds is 2. The average molecular weight is 176 g/mol. The van der Waals surface area contributed by atoms with Crippen LogP contribution >= 0.6 is 0 Å². The van der Waals surface area contributed by atoms with Crippen LogP contribution in [0.3, 0.4) is 0 Å². The largest absolute Gasteiger partial charge is 0.346 e. The summed E-state index contributed by atoms with van der Waals surface area (Å²) < 4.78 is 0. The Labute approximate surface area is 76.0 Å². The number of nitrogens with zero attached hydrogens (tertiary/aromatic N) is 1. The fourth-order valence-corrected chi connectivity index (χ4v) is 1.41. The first-order valence-electron chi connectivity index (χ1n) is 4.20. The van der Waals surface area contributed by atoms with Crippen LogP contribution in [0.15, 0.2) is 24.5 Å². The zero-order valence-corrected chi connectivity index (χ0v) is 7.20. The number of hydrogen-bond donors (Lipinski definition) is 3. The van der Waals surface area contributed by atoms with Crippen molar-refractivity contribution in [1.82, 2.24) is 9.97 Å². The predicted octanol–water partition coefficient (Wildman–Crippen LogP) is 0.521. The fourth-order valence-electron chi connectivity index (χ4n) is 1.41. The van der Waals surface area contributed by atoms with E-state index in [0.717, 1.165) is 16.6 Å². The molecule has 0 radical (unpaired) electrons. The third kappa shape index (κ3) is 1.30. The maximum Gasteiger partial charge on any atom is 0.137 e. The van der Waals surface area contributed by atoms with Gasteiger partial charge in [-0.15, -0.1) is 0 Å². The standard InChI is InChI=1S/C9H12N4/c10-4-8(11)7-5-13-9-6(7)2-1-3-12-9/h1-3,5,8H,4,10-11H2,(H,12,13). The molecule has 5 N–H and O–H groups in total. The molecule has 2 aromatic rings. The van der Waals surface area contributed by atoms with Crippen molar-refractivity contribution in [3.63, 3.8) is 0 Å². The molecule has 0 aliphatic rings. The quantitative estimate of drug-likeness (QED) is 0.624. The number of H-pyrrole nitrogens is 1. The van der Waals surface area contributed by atoms with E-state index in [9.17, 15) is 0 Å². The van der Waals surface area contributed by atoms with Gasteiger partial charge in [0.15, 0.2) is 0 Å². The van der Waals surface area contributed by atoms with Crippen molar-refractivity contribution in [1.29, 1.82) is 0 Å². The second-order valence-corrected chi connectivity index (χ2v) is 2.99. The molecule has 0 bridgehead atoms. The Morgan fingerprint density at radius 3 is 3.15 bits per heavy atom. The van der Waals surface area contributed by atoms with E-state index >= 15 is 0 Å². The molecular weight excluding hydrogens is 164 g/mol. The summed E-state index contributed by atoms with van der Waals surface area (Å²) in [6.45, 7) is 0.446. The van der Waals surface area contributed by atoms with Gasteiger partial charge in [0.2, 0.25) is 0 Å². The van der Waals surface area contributed by atoms with Gasteiger partial charge in [-0.05, 0) is 17.7 Å². The van der Waals surface area contributed by atoms with Gasteiger partial charge in [-0.25, -0.2) is 4.98 Å². The van der Waals surface area contributed by atoms with Gasteiger partial charge in [-0.1, -0.05) is 0 Å².